The second kappa shape index (κ2) is 11.1. The predicted octanol–water partition coefficient (Wildman–Crippen LogP) is 4.82. The summed E-state index contributed by atoms with van der Waals surface area (Å²) in [6, 6.07) is 17.4. The van der Waals surface area contributed by atoms with E-state index in [0.717, 1.165) is 36.1 Å². The molecule has 3 aliphatic heterocycles. The van der Waals surface area contributed by atoms with Crippen molar-refractivity contribution in [1.82, 2.24) is 14.7 Å². The van der Waals surface area contributed by atoms with Crippen LogP contribution in [0.3, 0.4) is 0 Å². The molecule has 3 heterocycles. The van der Waals surface area contributed by atoms with Crippen LogP contribution in [0.5, 0.6) is 0 Å². The molecule has 0 saturated carbocycles. The fourth-order valence-electron chi connectivity index (χ4n) is 5.00. The lowest BCUT2D eigenvalue weighted by atomic mass is 9.94. The molecule has 1 amide bonds. The van der Waals surface area contributed by atoms with Crippen LogP contribution in [-0.4, -0.2) is 65.0 Å². The Morgan fingerprint density at radius 3 is 2.54 bits per heavy atom. The van der Waals surface area contributed by atoms with E-state index in [1.807, 2.05) is 46.4 Å². The molecule has 192 valence electrons. The number of amides is 1. The lowest BCUT2D eigenvalue weighted by molar-refractivity contribution is -0.136. The molecule has 9 heteroatoms. The first kappa shape index (κ1) is 25.6. The number of nitrogens with zero attached hydrogens (tertiary/aromatic N) is 4. The van der Waals surface area contributed by atoms with Gasteiger partial charge in [-0.2, -0.15) is 0 Å². The maximum atomic E-state index is 13.4. The predicted molar refractivity (Wildman–Crippen MR) is 147 cm³/mol. The summed E-state index contributed by atoms with van der Waals surface area (Å²) in [4.78, 5) is 37.2. The molecule has 0 aliphatic carbocycles. The third kappa shape index (κ3) is 5.46. The number of piperazine rings is 1. The zero-order valence-corrected chi connectivity index (χ0v) is 22.5. The number of rotatable bonds is 6. The average molecular weight is 537 g/mol. The van der Waals surface area contributed by atoms with Crippen LogP contribution < -0.4 is 0 Å². The second-order valence-electron chi connectivity index (χ2n) is 9.26. The number of methoxy groups -OCH3 is 1. The second-order valence-corrected chi connectivity index (χ2v) is 10.5. The Kier molecular flexibility index (Phi) is 7.69. The van der Waals surface area contributed by atoms with Gasteiger partial charge >= 0.3 is 5.97 Å². The van der Waals surface area contributed by atoms with Gasteiger partial charge in [-0.3, -0.25) is 9.69 Å². The van der Waals surface area contributed by atoms with Gasteiger partial charge < -0.3 is 14.5 Å². The molecule has 2 aromatic carbocycles. The highest BCUT2D eigenvalue weighted by molar-refractivity contribution is 8.16. The van der Waals surface area contributed by atoms with Crippen molar-refractivity contribution >= 4 is 40.4 Å². The van der Waals surface area contributed by atoms with Crippen molar-refractivity contribution < 1.29 is 14.3 Å². The molecule has 0 bridgehead atoms. The van der Waals surface area contributed by atoms with Crippen LogP contribution in [0.2, 0.25) is 5.02 Å². The topological polar surface area (TPSA) is 65.5 Å². The van der Waals surface area contributed by atoms with E-state index in [1.165, 1.54) is 24.4 Å². The normalized spacial score (nSPS) is 19.9. The number of fused-ring (bicyclic) bond motifs is 1. The summed E-state index contributed by atoms with van der Waals surface area (Å²) in [5.74, 6) is -0.370. The number of hydrogen-bond acceptors (Lipinski definition) is 7. The third-order valence-electron chi connectivity index (χ3n) is 6.88. The number of esters is 1. The monoisotopic (exact) mass is 536 g/mol. The Labute approximate surface area is 226 Å². The van der Waals surface area contributed by atoms with Crippen LogP contribution in [0.15, 0.2) is 82.0 Å². The van der Waals surface area contributed by atoms with E-state index in [-0.39, 0.29) is 12.3 Å². The minimum absolute atomic E-state index is 0.0724. The number of thioether (sulfide) groups is 1. The molecule has 0 aromatic heterocycles. The molecule has 37 heavy (non-hydrogen) atoms. The number of halogens is 1. The van der Waals surface area contributed by atoms with Crippen LogP contribution in [0.4, 0.5) is 0 Å². The van der Waals surface area contributed by atoms with Crippen LogP contribution >= 0.6 is 23.4 Å². The number of benzene rings is 2. The molecule has 0 N–H and O–H groups in total. The van der Waals surface area contributed by atoms with Crippen LogP contribution in [0.1, 0.15) is 30.5 Å². The zero-order chi connectivity index (χ0) is 25.9. The minimum Gasteiger partial charge on any atom is -0.466 e. The first-order valence-corrected chi connectivity index (χ1v) is 13.5. The Balaban J connectivity index is 1.31. The van der Waals surface area contributed by atoms with Gasteiger partial charge in [0.15, 0.2) is 5.17 Å². The van der Waals surface area contributed by atoms with Gasteiger partial charge in [0.25, 0.3) is 0 Å². The quantitative estimate of drug-likeness (QED) is 0.493. The van der Waals surface area contributed by atoms with E-state index < -0.39 is 12.0 Å². The molecule has 5 rings (SSSR count). The molecule has 0 radical (unpaired) electrons. The van der Waals surface area contributed by atoms with Gasteiger partial charge in [0.2, 0.25) is 5.91 Å². The van der Waals surface area contributed by atoms with Crippen molar-refractivity contribution in [2.75, 3.05) is 33.3 Å². The minimum atomic E-state index is -0.476. The summed E-state index contributed by atoms with van der Waals surface area (Å²) in [6.07, 6.45) is 0.231. The van der Waals surface area contributed by atoms with Gasteiger partial charge in [0, 0.05) is 43.4 Å². The standard InChI is InChI=1S/C28H29ClN4O3S/c1-19-25(27(35)36-2)26(21-9-6-10-22(29)15-21)33-23(18-37-28(33)30-19)16-24(34)32-13-11-31(12-14-32)17-20-7-4-3-5-8-20/h3-10,15,18,26H,11-14,16-17H2,1-2H3. The molecular weight excluding hydrogens is 508 g/mol. The Bertz CT molecular complexity index is 1290. The number of carbonyl (C=O) groups excluding carboxylic acids is 2. The SMILES string of the molecule is COC(=O)C1=C(C)N=C2SC=C(CC(=O)N3CCN(Cc4ccccc4)CC3)N2C1c1cccc(Cl)c1. The first-order valence-electron chi connectivity index (χ1n) is 12.3. The largest absolute Gasteiger partial charge is 0.466 e. The van der Waals surface area contributed by atoms with Crippen LogP contribution in [-0.2, 0) is 20.9 Å². The molecule has 1 fully saturated rings. The van der Waals surface area contributed by atoms with Gasteiger partial charge in [0.05, 0.1) is 30.8 Å². The van der Waals surface area contributed by atoms with Gasteiger partial charge in [-0.15, -0.1) is 0 Å². The van der Waals surface area contributed by atoms with E-state index in [2.05, 4.69) is 34.2 Å². The third-order valence-corrected chi connectivity index (χ3v) is 8.00. The van der Waals surface area contributed by atoms with Gasteiger partial charge in [0.1, 0.15) is 0 Å². The van der Waals surface area contributed by atoms with Crippen molar-refractivity contribution in [3.05, 3.63) is 93.1 Å². The maximum absolute atomic E-state index is 13.4. The van der Waals surface area contributed by atoms with Gasteiger partial charge in [-0.25, -0.2) is 9.79 Å². The molecule has 3 aliphatic rings. The van der Waals surface area contributed by atoms with Gasteiger partial charge in [-0.05, 0) is 35.6 Å². The highest BCUT2D eigenvalue weighted by Crippen LogP contribution is 2.45. The van der Waals surface area contributed by atoms with Crippen LogP contribution in [0.25, 0.3) is 0 Å². The summed E-state index contributed by atoms with van der Waals surface area (Å²) in [5, 5.41) is 3.28. The van der Waals surface area contributed by atoms with E-state index in [4.69, 9.17) is 16.3 Å². The Hall–Kier alpha value is -3.07. The molecule has 0 spiro atoms. The lowest BCUT2D eigenvalue weighted by Gasteiger charge is -2.38. The molecule has 1 saturated heterocycles. The summed E-state index contributed by atoms with van der Waals surface area (Å²) in [5.41, 5.74) is 3.99. The number of allylic oxidation sites excluding steroid dienone is 1. The number of amidine groups is 1. The lowest BCUT2D eigenvalue weighted by Crippen LogP contribution is -2.48. The van der Waals surface area contributed by atoms with Crippen molar-refractivity contribution in [2.45, 2.75) is 25.9 Å². The zero-order valence-electron chi connectivity index (χ0n) is 20.9. The van der Waals surface area contributed by atoms with E-state index in [0.29, 0.717) is 29.4 Å². The maximum Gasteiger partial charge on any atom is 0.338 e. The van der Waals surface area contributed by atoms with E-state index in [1.54, 1.807) is 6.07 Å². The van der Waals surface area contributed by atoms with Crippen molar-refractivity contribution in [1.29, 1.82) is 0 Å². The fraction of sp³-hybridized carbons (Fsp3) is 0.321. The highest BCUT2D eigenvalue weighted by Gasteiger charge is 2.41. The number of aliphatic imine (C=N–C) groups is 1. The van der Waals surface area contributed by atoms with Crippen molar-refractivity contribution in [3.63, 3.8) is 0 Å². The molecule has 1 atom stereocenters. The summed E-state index contributed by atoms with van der Waals surface area (Å²) >= 11 is 7.79. The smallest absolute Gasteiger partial charge is 0.338 e. The number of carbonyl (C=O) groups is 2. The van der Waals surface area contributed by atoms with Crippen molar-refractivity contribution in [3.8, 4) is 0 Å². The first-order chi connectivity index (χ1) is 17.9. The van der Waals surface area contributed by atoms with Crippen molar-refractivity contribution in [2.24, 2.45) is 4.99 Å². The molecule has 1 unspecified atom stereocenters. The van der Waals surface area contributed by atoms with Crippen LogP contribution in [0, 0.1) is 0 Å². The summed E-state index contributed by atoms with van der Waals surface area (Å²) in [6.45, 7) is 5.76. The molecule has 2 aromatic rings. The summed E-state index contributed by atoms with van der Waals surface area (Å²) < 4.78 is 5.12. The molecule has 7 nitrogen and oxygen atoms in total. The Morgan fingerprint density at radius 2 is 1.84 bits per heavy atom. The van der Waals surface area contributed by atoms with E-state index in [9.17, 15) is 9.59 Å². The number of ether oxygens (including phenoxy) is 1. The highest BCUT2D eigenvalue weighted by atomic mass is 35.5. The molecular formula is C28H29ClN4O3S. The number of hydrogen-bond donors (Lipinski definition) is 0. The average Bonchev–Trinajstić information content (AvgIpc) is 3.30. The Morgan fingerprint density at radius 1 is 1.08 bits per heavy atom. The summed E-state index contributed by atoms with van der Waals surface area (Å²) in [7, 11) is 1.37. The van der Waals surface area contributed by atoms with Gasteiger partial charge in [-0.1, -0.05) is 65.8 Å². The van der Waals surface area contributed by atoms with E-state index >= 15 is 0 Å². The fourth-order valence-corrected chi connectivity index (χ4v) is 6.16.